The molecule has 8 heteroatoms. The van der Waals surface area contributed by atoms with Gasteiger partial charge in [0.05, 0.1) is 7.11 Å². The summed E-state index contributed by atoms with van der Waals surface area (Å²) in [5, 5.41) is 0.141. The Labute approximate surface area is 109 Å². The van der Waals surface area contributed by atoms with Gasteiger partial charge in [-0.3, -0.25) is 0 Å². The molecule has 2 N–H and O–H groups in total. The summed E-state index contributed by atoms with van der Waals surface area (Å²) in [4.78, 5) is 15.1. The normalized spacial score (nSPS) is 10.5. The summed E-state index contributed by atoms with van der Waals surface area (Å²) >= 11 is 0.844. The van der Waals surface area contributed by atoms with Crippen LogP contribution in [0.1, 0.15) is 10.5 Å². The zero-order valence-corrected chi connectivity index (χ0v) is 10.4. The number of anilines is 1. The minimum atomic E-state index is -1.57. The highest BCUT2D eigenvalue weighted by molar-refractivity contribution is 7.19. The molecule has 0 spiro atoms. The van der Waals surface area contributed by atoms with Crippen LogP contribution in [0, 0.1) is 17.5 Å². The predicted octanol–water partition coefficient (Wildman–Crippen LogP) is 2.60. The number of benzene rings is 1. The molecule has 0 radical (unpaired) electrons. The maximum absolute atomic E-state index is 13.1. The van der Waals surface area contributed by atoms with E-state index in [1.807, 2.05) is 0 Å². The smallest absolute Gasteiger partial charge is 0.359 e. The van der Waals surface area contributed by atoms with Crippen molar-refractivity contribution in [2.45, 2.75) is 0 Å². The summed E-state index contributed by atoms with van der Waals surface area (Å²) in [7, 11) is 1.15. The molecule has 0 amide bonds. The van der Waals surface area contributed by atoms with Crippen molar-refractivity contribution in [3.05, 3.63) is 35.3 Å². The van der Waals surface area contributed by atoms with Gasteiger partial charge in [0.15, 0.2) is 23.1 Å². The summed E-state index contributed by atoms with van der Waals surface area (Å²) in [6, 6.07) is 1.55. The Kier molecular flexibility index (Phi) is 3.43. The number of nitrogen functional groups attached to an aromatic ring is 1. The number of methoxy groups -OCH3 is 1. The van der Waals surface area contributed by atoms with Crippen molar-refractivity contribution >= 4 is 22.3 Å². The quantitative estimate of drug-likeness (QED) is 0.681. The molecular weight excluding hydrogens is 281 g/mol. The lowest BCUT2D eigenvalue weighted by molar-refractivity contribution is 0.0596. The molecular formula is C11H7F3N2O2S. The van der Waals surface area contributed by atoms with Gasteiger partial charge in [0.2, 0.25) is 0 Å². The number of nitrogens with zero attached hydrogens (tertiary/aromatic N) is 1. The minimum absolute atomic E-state index is 0.0109. The van der Waals surface area contributed by atoms with Crippen molar-refractivity contribution in [3.63, 3.8) is 0 Å². The van der Waals surface area contributed by atoms with Crippen LogP contribution in [0.15, 0.2) is 12.1 Å². The monoisotopic (exact) mass is 288 g/mol. The highest BCUT2D eigenvalue weighted by Crippen LogP contribution is 2.31. The van der Waals surface area contributed by atoms with Crippen LogP contribution in [0.3, 0.4) is 0 Å². The molecule has 1 aromatic carbocycles. The van der Waals surface area contributed by atoms with Crippen molar-refractivity contribution in [3.8, 4) is 10.6 Å². The molecule has 0 aliphatic rings. The van der Waals surface area contributed by atoms with E-state index >= 15 is 0 Å². The number of nitrogens with two attached hydrogens (primary N) is 1. The topological polar surface area (TPSA) is 65.2 Å². The molecule has 1 aromatic heterocycles. The van der Waals surface area contributed by atoms with Gasteiger partial charge in [-0.15, -0.1) is 0 Å². The van der Waals surface area contributed by atoms with E-state index in [1.165, 1.54) is 0 Å². The second kappa shape index (κ2) is 4.88. The first kappa shape index (κ1) is 13.3. The van der Waals surface area contributed by atoms with E-state index in [-0.39, 0.29) is 21.3 Å². The average molecular weight is 288 g/mol. The summed E-state index contributed by atoms with van der Waals surface area (Å²) in [5.74, 6) is -5.02. The number of rotatable bonds is 2. The Morgan fingerprint density at radius 3 is 2.42 bits per heavy atom. The van der Waals surface area contributed by atoms with E-state index in [0.29, 0.717) is 0 Å². The van der Waals surface area contributed by atoms with Crippen LogP contribution in [0.4, 0.5) is 18.2 Å². The molecule has 0 unspecified atom stereocenters. The minimum Gasteiger partial charge on any atom is -0.464 e. The van der Waals surface area contributed by atoms with Gasteiger partial charge in [-0.1, -0.05) is 11.3 Å². The highest BCUT2D eigenvalue weighted by Gasteiger charge is 2.19. The lowest BCUT2D eigenvalue weighted by Gasteiger charge is -1.99. The first-order chi connectivity index (χ1) is 8.93. The van der Waals surface area contributed by atoms with Crippen LogP contribution in [0.2, 0.25) is 0 Å². The second-order valence-electron chi connectivity index (χ2n) is 3.48. The Bertz CT molecular complexity index is 634. The van der Waals surface area contributed by atoms with Gasteiger partial charge >= 0.3 is 5.97 Å². The maximum atomic E-state index is 13.1. The summed E-state index contributed by atoms with van der Waals surface area (Å²) in [6.45, 7) is 0. The van der Waals surface area contributed by atoms with Crippen LogP contribution in [0.25, 0.3) is 10.6 Å². The molecule has 0 fully saturated rings. The predicted molar refractivity (Wildman–Crippen MR) is 63.2 cm³/mol. The molecule has 2 rings (SSSR count). The zero-order chi connectivity index (χ0) is 14.2. The van der Waals surface area contributed by atoms with Crippen molar-refractivity contribution in [1.82, 2.24) is 4.98 Å². The van der Waals surface area contributed by atoms with E-state index in [0.717, 1.165) is 30.6 Å². The summed E-state index contributed by atoms with van der Waals surface area (Å²) in [6.07, 6.45) is 0. The number of hydrogen-bond acceptors (Lipinski definition) is 5. The van der Waals surface area contributed by atoms with Crippen LogP contribution >= 0.6 is 11.3 Å². The molecule has 0 atom stereocenters. The number of carbonyl (C=O) groups excluding carboxylic acids is 1. The number of carbonyl (C=O) groups is 1. The number of halogens is 3. The average Bonchev–Trinajstić information content (AvgIpc) is 2.76. The fraction of sp³-hybridized carbons (Fsp3) is 0.0909. The highest BCUT2D eigenvalue weighted by atomic mass is 32.1. The molecule has 100 valence electrons. The van der Waals surface area contributed by atoms with E-state index in [4.69, 9.17) is 5.73 Å². The third-order valence-corrected chi connectivity index (χ3v) is 3.20. The van der Waals surface area contributed by atoms with Gasteiger partial charge in [-0.2, -0.15) is 0 Å². The first-order valence-electron chi connectivity index (χ1n) is 4.93. The van der Waals surface area contributed by atoms with E-state index in [1.54, 1.807) is 0 Å². The molecule has 0 aliphatic carbocycles. The van der Waals surface area contributed by atoms with Crippen molar-refractivity contribution in [2.75, 3.05) is 12.8 Å². The van der Waals surface area contributed by atoms with Crippen molar-refractivity contribution in [1.29, 1.82) is 0 Å². The number of hydrogen-bond donors (Lipinski definition) is 1. The molecule has 19 heavy (non-hydrogen) atoms. The largest absolute Gasteiger partial charge is 0.464 e. The molecule has 2 aromatic rings. The van der Waals surface area contributed by atoms with Crippen LogP contribution < -0.4 is 5.73 Å². The van der Waals surface area contributed by atoms with Gasteiger partial charge in [0, 0.05) is 5.56 Å². The number of ether oxygens (including phenoxy) is 1. The number of esters is 1. The number of thiazole rings is 1. The first-order valence-corrected chi connectivity index (χ1v) is 5.75. The Balaban J connectivity index is 2.51. The molecule has 0 saturated heterocycles. The fourth-order valence-corrected chi connectivity index (χ4v) is 2.18. The van der Waals surface area contributed by atoms with Gasteiger partial charge in [-0.05, 0) is 12.1 Å². The van der Waals surface area contributed by atoms with Gasteiger partial charge < -0.3 is 10.5 Å². The van der Waals surface area contributed by atoms with Crippen LogP contribution in [0.5, 0.6) is 0 Å². The fourth-order valence-electron chi connectivity index (χ4n) is 1.38. The molecule has 0 saturated carbocycles. The summed E-state index contributed by atoms with van der Waals surface area (Å²) < 4.78 is 43.5. The van der Waals surface area contributed by atoms with Gasteiger partial charge in [0.25, 0.3) is 0 Å². The van der Waals surface area contributed by atoms with E-state index < -0.39 is 23.4 Å². The maximum Gasteiger partial charge on any atom is 0.359 e. The van der Waals surface area contributed by atoms with Crippen molar-refractivity contribution in [2.24, 2.45) is 0 Å². The molecule has 0 aliphatic heterocycles. The second-order valence-corrected chi connectivity index (χ2v) is 4.51. The molecule has 1 heterocycles. The summed E-state index contributed by atoms with van der Waals surface area (Å²) in [5.41, 5.74) is 5.40. The van der Waals surface area contributed by atoms with Crippen LogP contribution in [-0.4, -0.2) is 18.1 Å². The number of aromatic nitrogens is 1. The van der Waals surface area contributed by atoms with E-state index in [9.17, 15) is 18.0 Å². The van der Waals surface area contributed by atoms with Crippen molar-refractivity contribution < 1.29 is 22.7 Å². The third-order valence-electron chi connectivity index (χ3n) is 2.26. The molecule has 4 nitrogen and oxygen atoms in total. The SMILES string of the molecule is COC(=O)c1nc(-c2cc(F)c(F)c(F)c2)sc1N. The Morgan fingerprint density at radius 1 is 1.32 bits per heavy atom. The molecule has 0 bridgehead atoms. The zero-order valence-electron chi connectivity index (χ0n) is 9.54. The lowest BCUT2D eigenvalue weighted by Crippen LogP contribution is -2.04. The lowest BCUT2D eigenvalue weighted by atomic mass is 10.2. The van der Waals surface area contributed by atoms with E-state index in [2.05, 4.69) is 9.72 Å². The third kappa shape index (κ3) is 2.39. The Hall–Kier alpha value is -2.09. The van der Waals surface area contributed by atoms with Gasteiger partial charge in [-0.25, -0.2) is 22.9 Å². The van der Waals surface area contributed by atoms with Crippen LogP contribution in [-0.2, 0) is 4.74 Å². The Morgan fingerprint density at radius 2 is 1.89 bits per heavy atom. The van der Waals surface area contributed by atoms with Gasteiger partial charge in [0.1, 0.15) is 10.0 Å². The standard InChI is InChI=1S/C11H7F3N2O2S/c1-18-11(17)8-9(15)19-10(16-8)4-2-5(12)7(14)6(13)3-4/h2-3H,15H2,1H3.